The Labute approximate surface area is 121 Å². The number of nitrogens with zero attached hydrogens (tertiary/aromatic N) is 3. The van der Waals surface area contributed by atoms with Crippen LogP contribution in [0.3, 0.4) is 0 Å². The van der Waals surface area contributed by atoms with Crippen LogP contribution in [-0.2, 0) is 7.05 Å². The first-order valence-electron chi connectivity index (χ1n) is 6.45. The highest BCUT2D eigenvalue weighted by Gasteiger charge is 2.20. The minimum absolute atomic E-state index is 0.134. The lowest BCUT2D eigenvalue weighted by Crippen LogP contribution is -2.05. The number of benzene rings is 1. The van der Waals surface area contributed by atoms with Crippen LogP contribution < -0.4 is 5.32 Å². The Morgan fingerprint density at radius 3 is 2.62 bits per heavy atom. The number of nitrogens with one attached hydrogen (secondary N) is 1. The van der Waals surface area contributed by atoms with Crippen LogP contribution >= 0.6 is 0 Å². The Kier molecular flexibility index (Phi) is 3.06. The third-order valence-corrected chi connectivity index (χ3v) is 3.38. The van der Waals surface area contributed by atoms with Crippen molar-refractivity contribution in [1.29, 1.82) is 0 Å². The number of aromatic nitrogens is 3. The SMILES string of the molecule is CNc1c(C(=O)O)cnc2c1c(-c1ccccc1)nn2C. The molecule has 1 aromatic carbocycles. The first kappa shape index (κ1) is 13.1. The third-order valence-electron chi connectivity index (χ3n) is 3.38. The summed E-state index contributed by atoms with van der Waals surface area (Å²) in [5.74, 6) is -1.02. The van der Waals surface area contributed by atoms with E-state index in [1.807, 2.05) is 30.3 Å². The number of carbonyl (C=O) groups is 1. The smallest absolute Gasteiger partial charge is 0.339 e. The molecule has 6 heteroatoms. The van der Waals surface area contributed by atoms with Crippen LogP contribution in [-0.4, -0.2) is 32.9 Å². The number of hydrogen-bond donors (Lipinski definition) is 2. The van der Waals surface area contributed by atoms with Crippen molar-refractivity contribution in [1.82, 2.24) is 14.8 Å². The van der Waals surface area contributed by atoms with E-state index < -0.39 is 5.97 Å². The third kappa shape index (κ3) is 2.01. The summed E-state index contributed by atoms with van der Waals surface area (Å²) in [5, 5.41) is 17.5. The van der Waals surface area contributed by atoms with Crippen LogP contribution in [0, 0.1) is 0 Å². The van der Waals surface area contributed by atoms with Crippen molar-refractivity contribution in [3.05, 3.63) is 42.1 Å². The molecule has 0 aliphatic heterocycles. The molecular formula is C15H14N4O2. The van der Waals surface area contributed by atoms with Gasteiger partial charge in [0.25, 0.3) is 0 Å². The molecule has 0 radical (unpaired) electrons. The molecule has 0 amide bonds. The van der Waals surface area contributed by atoms with E-state index in [1.165, 1.54) is 6.20 Å². The first-order valence-corrected chi connectivity index (χ1v) is 6.45. The molecule has 0 aliphatic rings. The number of aromatic carboxylic acids is 1. The van der Waals surface area contributed by atoms with E-state index in [1.54, 1.807) is 18.8 Å². The Bertz CT molecular complexity index is 825. The largest absolute Gasteiger partial charge is 0.478 e. The average molecular weight is 282 g/mol. The number of anilines is 1. The number of rotatable bonds is 3. The highest BCUT2D eigenvalue weighted by Crippen LogP contribution is 2.34. The summed E-state index contributed by atoms with van der Waals surface area (Å²) in [6.45, 7) is 0. The molecule has 3 aromatic rings. The van der Waals surface area contributed by atoms with E-state index in [4.69, 9.17) is 0 Å². The van der Waals surface area contributed by atoms with Gasteiger partial charge in [-0.25, -0.2) is 14.5 Å². The summed E-state index contributed by atoms with van der Waals surface area (Å²) < 4.78 is 1.66. The van der Waals surface area contributed by atoms with E-state index in [9.17, 15) is 9.90 Å². The molecule has 0 aliphatic carbocycles. The average Bonchev–Trinajstić information content (AvgIpc) is 2.84. The van der Waals surface area contributed by atoms with Gasteiger partial charge in [0.1, 0.15) is 11.3 Å². The van der Waals surface area contributed by atoms with Crippen LogP contribution in [0.2, 0.25) is 0 Å². The van der Waals surface area contributed by atoms with Gasteiger partial charge in [-0.15, -0.1) is 0 Å². The maximum atomic E-state index is 11.4. The number of aryl methyl sites for hydroxylation is 1. The topological polar surface area (TPSA) is 80.0 Å². The molecular weight excluding hydrogens is 268 g/mol. The molecule has 0 saturated carbocycles. The zero-order valence-corrected chi connectivity index (χ0v) is 11.7. The lowest BCUT2D eigenvalue weighted by atomic mass is 10.1. The maximum absolute atomic E-state index is 11.4. The monoisotopic (exact) mass is 282 g/mol. The summed E-state index contributed by atoms with van der Waals surface area (Å²) in [7, 11) is 3.49. The highest BCUT2D eigenvalue weighted by atomic mass is 16.4. The van der Waals surface area contributed by atoms with Gasteiger partial charge in [0.15, 0.2) is 5.65 Å². The predicted molar refractivity (Wildman–Crippen MR) is 80.5 cm³/mol. The molecule has 0 atom stereocenters. The van der Waals surface area contributed by atoms with Crippen molar-refractivity contribution < 1.29 is 9.90 Å². The number of pyridine rings is 1. The zero-order valence-electron chi connectivity index (χ0n) is 11.7. The minimum atomic E-state index is -1.02. The van der Waals surface area contributed by atoms with Crippen molar-refractivity contribution >= 4 is 22.7 Å². The molecule has 106 valence electrons. The van der Waals surface area contributed by atoms with Crippen LogP contribution in [0.4, 0.5) is 5.69 Å². The Balaban J connectivity index is 2.41. The fourth-order valence-electron chi connectivity index (χ4n) is 2.44. The van der Waals surface area contributed by atoms with Gasteiger partial charge in [-0.1, -0.05) is 30.3 Å². The second-order valence-corrected chi connectivity index (χ2v) is 4.64. The predicted octanol–water partition coefficient (Wildman–Crippen LogP) is 2.38. The van der Waals surface area contributed by atoms with Gasteiger partial charge in [0.2, 0.25) is 0 Å². The number of carboxylic acid groups (broad SMARTS) is 1. The first-order chi connectivity index (χ1) is 10.1. The number of fused-ring (bicyclic) bond motifs is 1. The lowest BCUT2D eigenvalue weighted by molar-refractivity contribution is 0.0697. The summed E-state index contributed by atoms with van der Waals surface area (Å²) in [6.07, 6.45) is 1.35. The van der Waals surface area contributed by atoms with E-state index >= 15 is 0 Å². The van der Waals surface area contributed by atoms with Crippen molar-refractivity contribution in [2.75, 3.05) is 12.4 Å². The number of carboxylic acids is 1. The number of hydrogen-bond acceptors (Lipinski definition) is 4. The molecule has 0 spiro atoms. The molecule has 2 heterocycles. The van der Waals surface area contributed by atoms with E-state index in [-0.39, 0.29) is 5.56 Å². The van der Waals surface area contributed by atoms with Crippen LogP contribution in [0.5, 0.6) is 0 Å². The molecule has 0 fully saturated rings. The fourth-order valence-corrected chi connectivity index (χ4v) is 2.44. The van der Waals surface area contributed by atoms with Gasteiger partial charge in [-0.05, 0) is 0 Å². The van der Waals surface area contributed by atoms with Gasteiger partial charge in [-0.2, -0.15) is 5.10 Å². The summed E-state index contributed by atoms with van der Waals surface area (Å²) in [6, 6.07) is 9.64. The van der Waals surface area contributed by atoms with Gasteiger partial charge < -0.3 is 10.4 Å². The van der Waals surface area contributed by atoms with Gasteiger partial charge in [0, 0.05) is 25.9 Å². The Morgan fingerprint density at radius 2 is 2.00 bits per heavy atom. The summed E-state index contributed by atoms with van der Waals surface area (Å²) >= 11 is 0. The van der Waals surface area contributed by atoms with E-state index in [0.717, 1.165) is 5.56 Å². The Hall–Kier alpha value is -2.89. The van der Waals surface area contributed by atoms with Gasteiger partial charge in [-0.3, -0.25) is 0 Å². The van der Waals surface area contributed by atoms with Gasteiger partial charge >= 0.3 is 5.97 Å². The summed E-state index contributed by atoms with van der Waals surface area (Å²) in [5.41, 5.74) is 2.94. The molecule has 6 nitrogen and oxygen atoms in total. The van der Waals surface area contributed by atoms with Crippen molar-refractivity contribution in [3.8, 4) is 11.3 Å². The van der Waals surface area contributed by atoms with Crippen LogP contribution in [0.25, 0.3) is 22.3 Å². The molecule has 0 saturated heterocycles. The van der Waals surface area contributed by atoms with Crippen LogP contribution in [0.15, 0.2) is 36.5 Å². The molecule has 2 N–H and O–H groups in total. The fraction of sp³-hybridized carbons (Fsp3) is 0.133. The van der Waals surface area contributed by atoms with Crippen molar-refractivity contribution in [2.24, 2.45) is 7.05 Å². The molecule has 2 aromatic heterocycles. The molecule has 3 rings (SSSR count). The minimum Gasteiger partial charge on any atom is -0.478 e. The Morgan fingerprint density at radius 1 is 1.29 bits per heavy atom. The second kappa shape index (κ2) is 4.90. The molecule has 21 heavy (non-hydrogen) atoms. The second-order valence-electron chi connectivity index (χ2n) is 4.64. The normalized spacial score (nSPS) is 10.8. The standard InChI is InChI=1S/C15H14N4O2/c1-16-13-10(15(20)21)8-17-14-11(13)12(18-19(14)2)9-6-4-3-5-7-9/h3-8H,1-2H3,(H,16,17)(H,20,21). The van der Waals surface area contributed by atoms with E-state index in [0.29, 0.717) is 22.4 Å². The van der Waals surface area contributed by atoms with Gasteiger partial charge in [0.05, 0.1) is 11.1 Å². The maximum Gasteiger partial charge on any atom is 0.339 e. The van der Waals surface area contributed by atoms with Crippen LogP contribution in [0.1, 0.15) is 10.4 Å². The van der Waals surface area contributed by atoms with Crippen molar-refractivity contribution in [3.63, 3.8) is 0 Å². The lowest BCUT2D eigenvalue weighted by Gasteiger charge is -2.07. The van der Waals surface area contributed by atoms with Crippen molar-refractivity contribution in [2.45, 2.75) is 0 Å². The highest BCUT2D eigenvalue weighted by molar-refractivity contribution is 6.08. The molecule has 0 unspecified atom stereocenters. The quantitative estimate of drug-likeness (QED) is 0.771. The zero-order chi connectivity index (χ0) is 15.0. The van der Waals surface area contributed by atoms with E-state index in [2.05, 4.69) is 15.4 Å². The summed E-state index contributed by atoms with van der Waals surface area (Å²) in [4.78, 5) is 15.6. The molecule has 0 bridgehead atoms.